The molecule has 1 rings (SSSR count). The first-order chi connectivity index (χ1) is 8.41. The molecule has 0 spiro atoms. The van der Waals surface area contributed by atoms with Crippen LogP contribution in [-0.4, -0.2) is 19.3 Å². The van der Waals surface area contributed by atoms with Gasteiger partial charge in [0, 0.05) is 13.2 Å². The highest BCUT2D eigenvalue weighted by Crippen LogP contribution is 2.29. The first-order valence-corrected chi connectivity index (χ1v) is 6.76. The predicted molar refractivity (Wildman–Crippen MR) is 78.0 cm³/mol. The second-order valence-corrected chi connectivity index (χ2v) is 5.57. The summed E-state index contributed by atoms with van der Waals surface area (Å²) in [7, 11) is 1.78. The van der Waals surface area contributed by atoms with E-state index in [1.807, 2.05) is 0 Å². The van der Waals surface area contributed by atoms with Gasteiger partial charge in [0.25, 0.3) is 0 Å². The summed E-state index contributed by atoms with van der Waals surface area (Å²) in [6.07, 6.45) is 0.974. The summed E-state index contributed by atoms with van der Waals surface area (Å²) in [5.74, 6) is 0. The topological polar surface area (TPSA) is 21.3 Å². The number of aryl methyl sites for hydroxylation is 1. The maximum Gasteiger partial charge on any atom is 0.0640 e. The molecule has 0 aliphatic carbocycles. The van der Waals surface area contributed by atoms with Crippen LogP contribution in [0.4, 0.5) is 0 Å². The van der Waals surface area contributed by atoms with E-state index < -0.39 is 0 Å². The molecular weight excluding hydrogens is 222 g/mol. The van der Waals surface area contributed by atoms with E-state index in [9.17, 15) is 0 Å². The van der Waals surface area contributed by atoms with Gasteiger partial charge in [-0.3, -0.25) is 0 Å². The third-order valence-electron chi connectivity index (χ3n) is 3.72. The first kappa shape index (κ1) is 15.2. The molecule has 18 heavy (non-hydrogen) atoms. The Labute approximate surface area is 112 Å². The lowest BCUT2D eigenvalue weighted by atomic mass is 9.89. The molecule has 102 valence electrons. The zero-order valence-corrected chi connectivity index (χ0v) is 12.6. The van der Waals surface area contributed by atoms with E-state index in [-0.39, 0.29) is 5.60 Å². The molecule has 0 heterocycles. The van der Waals surface area contributed by atoms with Crippen molar-refractivity contribution >= 4 is 0 Å². The summed E-state index contributed by atoms with van der Waals surface area (Å²) >= 11 is 0. The largest absolute Gasteiger partial charge is 0.379 e. The lowest BCUT2D eigenvalue weighted by molar-refractivity contribution is 0.00692. The smallest absolute Gasteiger partial charge is 0.0640 e. The molecule has 0 aliphatic rings. The molecule has 0 aliphatic heterocycles. The van der Waals surface area contributed by atoms with Gasteiger partial charge in [-0.1, -0.05) is 25.1 Å². The van der Waals surface area contributed by atoms with Crippen molar-refractivity contribution in [2.45, 2.75) is 52.7 Å². The van der Waals surface area contributed by atoms with Crippen molar-refractivity contribution in [2.75, 3.05) is 13.7 Å². The lowest BCUT2D eigenvalue weighted by Gasteiger charge is -2.30. The van der Waals surface area contributed by atoms with Gasteiger partial charge in [-0.2, -0.15) is 0 Å². The Morgan fingerprint density at radius 1 is 1.28 bits per heavy atom. The van der Waals surface area contributed by atoms with Gasteiger partial charge in [0.1, 0.15) is 0 Å². The van der Waals surface area contributed by atoms with Crippen LogP contribution in [0.2, 0.25) is 0 Å². The van der Waals surface area contributed by atoms with Crippen LogP contribution in [0.25, 0.3) is 0 Å². The molecule has 2 heteroatoms. The molecule has 0 saturated carbocycles. The monoisotopic (exact) mass is 249 g/mol. The van der Waals surface area contributed by atoms with Crippen LogP contribution >= 0.6 is 0 Å². The Morgan fingerprint density at radius 3 is 2.50 bits per heavy atom. The zero-order chi connectivity index (χ0) is 13.8. The Morgan fingerprint density at radius 2 is 1.94 bits per heavy atom. The highest BCUT2D eigenvalue weighted by molar-refractivity contribution is 5.35. The molecule has 0 bridgehead atoms. The number of hydrogen-bond acceptors (Lipinski definition) is 2. The van der Waals surface area contributed by atoms with E-state index in [0.29, 0.717) is 6.04 Å². The predicted octanol–water partition coefficient (Wildman–Crippen LogP) is 3.77. The van der Waals surface area contributed by atoms with Gasteiger partial charge in [0.05, 0.1) is 5.60 Å². The van der Waals surface area contributed by atoms with E-state index >= 15 is 0 Å². The van der Waals surface area contributed by atoms with Crippen molar-refractivity contribution in [3.63, 3.8) is 0 Å². The molecule has 0 amide bonds. The number of nitrogens with one attached hydrogen (secondary N) is 1. The van der Waals surface area contributed by atoms with Crippen molar-refractivity contribution < 1.29 is 4.74 Å². The molecule has 0 aromatic heterocycles. The average molecular weight is 249 g/mol. The second kappa shape index (κ2) is 6.35. The van der Waals surface area contributed by atoms with Crippen molar-refractivity contribution in [3.05, 3.63) is 34.9 Å². The van der Waals surface area contributed by atoms with Crippen LogP contribution < -0.4 is 5.32 Å². The van der Waals surface area contributed by atoms with Gasteiger partial charge in [-0.05, 0) is 57.4 Å². The Hall–Kier alpha value is -0.860. The van der Waals surface area contributed by atoms with Crippen LogP contribution in [0.15, 0.2) is 18.2 Å². The van der Waals surface area contributed by atoms with E-state index in [2.05, 4.69) is 58.1 Å². The van der Waals surface area contributed by atoms with Crippen LogP contribution in [0.1, 0.15) is 49.9 Å². The molecule has 1 N–H and O–H groups in total. The highest BCUT2D eigenvalue weighted by Gasteiger charge is 2.24. The van der Waals surface area contributed by atoms with Crippen molar-refractivity contribution in [3.8, 4) is 0 Å². The Balaban J connectivity index is 3.01. The highest BCUT2D eigenvalue weighted by atomic mass is 16.5. The molecule has 0 saturated heterocycles. The molecule has 1 aromatic rings. The van der Waals surface area contributed by atoms with E-state index in [1.54, 1.807) is 7.11 Å². The summed E-state index contributed by atoms with van der Waals surface area (Å²) in [4.78, 5) is 0. The molecule has 0 fully saturated rings. The lowest BCUT2D eigenvalue weighted by Crippen LogP contribution is -2.32. The molecule has 1 unspecified atom stereocenters. The second-order valence-electron chi connectivity index (χ2n) is 5.57. The maximum absolute atomic E-state index is 5.57. The maximum atomic E-state index is 5.57. The van der Waals surface area contributed by atoms with Crippen LogP contribution in [-0.2, 0) is 4.74 Å². The summed E-state index contributed by atoms with van der Waals surface area (Å²) < 4.78 is 5.57. The number of methoxy groups -OCH3 is 1. The fourth-order valence-corrected chi connectivity index (χ4v) is 2.26. The summed E-state index contributed by atoms with van der Waals surface area (Å²) in [6, 6.07) is 6.89. The van der Waals surface area contributed by atoms with Crippen LogP contribution in [0.5, 0.6) is 0 Å². The van der Waals surface area contributed by atoms with E-state index in [1.165, 1.54) is 16.7 Å². The number of hydrogen-bond donors (Lipinski definition) is 1. The Kier molecular flexibility index (Phi) is 5.36. The van der Waals surface area contributed by atoms with E-state index in [0.717, 1.165) is 13.0 Å². The van der Waals surface area contributed by atoms with Gasteiger partial charge in [0.2, 0.25) is 0 Å². The summed E-state index contributed by atoms with van der Waals surface area (Å²) in [6.45, 7) is 11.8. The minimum absolute atomic E-state index is 0.108. The molecule has 2 nitrogen and oxygen atoms in total. The minimum atomic E-state index is -0.108. The molecule has 1 aromatic carbocycles. The standard InChI is InChI=1S/C16H27NO/c1-7-17-15(11-16(4,5)18-6)14-10-8-9-12(2)13(14)3/h8-10,15,17H,7,11H2,1-6H3. The summed E-state index contributed by atoms with van der Waals surface area (Å²) in [5, 5.41) is 3.58. The first-order valence-electron chi connectivity index (χ1n) is 6.76. The zero-order valence-electron chi connectivity index (χ0n) is 12.6. The quantitative estimate of drug-likeness (QED) is 0.828. The van der Waals surface area contributed by atoms with Crippen molar-refractivity contribution in [1.82, 2.24) is 5.32 Å². The SMILES string of the molecule is CCNC(CC(C)(C)OC)c1cccc(C)c1C. The Bertz CT molecular complexity index is 385. The van der Waals surface area contributed by atoms with Gasteiger partial charge in [-0.25, -0.2) is 0 Å². The van der Waals surface area contributed by atoms with Crippen molar-refractivity contribution in [1.29, 1.82) is 0 Å². The van der Waals surface area contributed by atoms with Gasteiger partial charge >= 0.3 is 0 Å². The average Bonchev–Trinajstić information content (AvgIpc) is 2.32. The molecular formula is C16H27NO. The minimum Gasteiger partial charge on any atom is -0.379 e. The number of benzene rings is 1. The fourth-order valence-electron chi connectivity index (χ4n) is 2.26. The third kappa shape index (κ3) is 3.82. The number of ether oxygens (including phenoxy) is 1. The fraction of sp³-hybridized carbons (Fsp3) is 0.625. The van der Waals surface area contributed by atoms with Crippen LogP contribution in [0, 0.1) is 13.8 Å². The van der Waals surface area contributed by atoms with Gasteiger partial charge < -0.3 is 10.1 Å². The van der Waals surface area contributed by atoms with Gasteiger partial charge in [-0.15, -0.1) is 0 Å². The summed E-state index contributed by atoms with van der Waals surface area (Å²) in [5.41, 5.74) is 4.02. The third-order valence-corrected chi connectivity index (χ3v) is 3.72. The number of rotatable bonds is 6. The van der Waals surface area contributed by atoms with Crippen molar-refractivity contribution in [2.24, 2.45) is 0 Å². The van der Waals surface area contributed by atoms with Gasteiger partial charge in [0.15, 0.2) is 0 Å². The normalized spacial score (nSPS) is 13.7. The van der Waals surface area contributed by atoms with Crippen LogP contribution in [0.3, 0.4) is 0 Å². The van der Waals surface area contributed by atoms with E-state index in [4.69, 9.17) is 4.74 Å². The molecule has 0 radical (unpaired) electrons. The molecule has 1 atom stereocenters.